The van der Waals surface area contributed by atoms with Crippen LogP contribution in [0.5, 0.6) is 0 Å². The molecule has 1 aromatic carbocycles. The van der Waals surface area contributed by atoms with E-state index in [9.17, 15) is 9.90 Å². The fourth-order valence-corrected chi connectivity index (χ4v) is 9.54. The fraction of sp³-hybridized carbons (Fsp3) is 0.759. The van der Waals surface area contributed by atoms with Crippen LogP contribution < -0.4 is 0 Å². The van der Waals surface area contributed by atoms with Crippen molar-refractivity contribution in [1.29, 1.82) is 0 Å². The van der Waals surface area contributed by atoms with E-state index in [2.05, 4.69) is 17.1 Å². The second kappa shape index (κ2) is 8.37. The number of carbonyl (C=O) groups excluding carboxylic acids is 1. The van der Waals surface area contributed by atoms with Crippen LogP contribution >= 0.6 is 0 Å². The van der Waals surface area contributed by atoms with Crippen LogP contribution in [0.4, 0.5) is 0 Å². The molecule has 4 saturated carbocycles. The predicted octanol–water partition coefficient (Wildman–Crippen LogP) is 5.04. The van der Waals surface area contributed by atoms with Gasteiger partial charge in [-0.3, -0.25) is 4.79 Å². The van der Waals surface area contributed by atoms with Gasteiger partial charge >= 0.3 is 0 Å². The van der Waals surface area contributed by atoms with E-state index in [0.29, 0.717) is 29.5 Å². The van der Waals surface area contributed by atoms with Crippen LogP contribution in [0.3, 0.4) is 0 Å². The van der Waals surface area contributed by atoms with Gasteiger partial charge in [-0.1, -0.05) is 19.1 Å². The number of benzene rings is 1. The van der Waals surface area contributed by atoms with Gasteiger partial charge in [0.1, 0.15) is 17.6 Å². The van der Waals surface area contributed by atoms with Gasteiger partial charge in [-0.15, -0.1) is 0 Å². The highest BCUT2D eigenvalue weighted by Gasteiger charge is 2.63. The molecule has 0 spiro atoms. The number of methoxy groups -OCH3 is 1. The largest absolute Gasteiger partial charge is 0.390 e. The van der Waals surface area contributed by atoms with Gasteiger partial charge < -0.3 is 9.84 Å². The lowest BCUT2D eigenvalue weighted by atomic mass is 9.43. The SMILES string of the molecule is COC[C@]12CC[C@@](C)(O)C[C@@H]1CC[C@H]1[C@@H]3CC[C@H](C(=O)Cn4nc5ccccc5n4)[C@@]3(C)CC[C@@H]12. The summed E-state index contributed by atoms with van der Waals surface area (Å²) in [6.07, 6.45) is 9.77. The number of aliphatic hydroxyl groups is 1. The Kier molecular flexibility index (Phi) is 5.65. The summed E-state index contributed by atoms with van der Waals surface area (Å²) >= 11 is 0. The predicted molar refractivity (Wildman–Crippen MR) is 135 cm³/mol. The number of Topliss-reactive ketones (excluding diaryl/α,β-unsaturated/α-hetero) is 1. The number of hydrogen-bond acceptors (Lipinski definition) is 5. The maximum atomic E-state index is 13.6. The van der Waals surface area contributed by atoms with Gasteiger partial charge in [0, 0.05) is 13.0 Å². The Morgan fingerprint density at radius 3 is 2.49 bits per heavy atom. The van der Waals surface area contributed by atoms with Crippen molar-refractivity contribution in [1.82, 2.24) is 15.0 Å². The van der Waals surface area contributed by atoms with Crippen molar-refractivity contribution in [3.05, 3.63) is 24.3 Å². The summed E-state index contributed by atoms with van der Waals surface area (Å²) in [6.45, 7) is 5.54. The molecule has 0 radical (unpaired) electrons. The Balaban J connectivity index is 1.23. The van der Waals surface area contributed by atoms with Crippen molar-refractivity contribution >= 4 is 16.8 Å². The molecule has 6 nitrogen and oxygen atoms in total. The topological polar surface area (TPSA) is 77.2 Å². The molecule has 0 aliphatic heterocycles. The van der Waals surface area contributed by atoms with Gasteiger partial charge in [0.15, 0.2) is 5.78 Å². The molecule has 1 N–H and O–H groups in total. The number of ketones is 1. The van der Waals surface area contributed by atoms with E-state index in [1.807, 2.05) is 38.3 Å². The normalized spacial score (nSPS) is 42.9. The molecule has 6 heteroatoms. The Morgan fingerprint density at radius 2 is 1.77 bits per heavy atom. The molecule has 0 amide bonds. The van der Waals surface area contributed by atoms with Crippen molar-refractivity contribution in [2.45, 2.75) is 83.8 Å². The van der Waals surface area contributed by atoms with E-state index in [-0.39, 0.29) is 23.3 Å². The minimum Gasteiger partial charge on any atom is -0.390 e. The first-order valence-electron chi connectivity index (χ1n) is 13.8. The van der Waals surface area contributed by atoms with E-state index in [0.717, 1.165) is 56.2 Å². The summed E-state index contributed by atoms with van der Waals surface area (Å²) in [5.41, 5.74) is 1.44. The average Bonchev–Trinajstić information content (AvgIpc) is 3.39. The zero-order valence-corrected chi connectivity index (χ0v) is 21.6. The molecule has 0 saturated heterocycles. The molecule has 4 aliphatic carbocycles. The molecule has 4 fully saturated rings. The molecule has 0 unspecified atom stereocenters. The first-order valence-corrected chi connectivity index (χ1v) is 13.8. The summed E-state index contributed by atoms with van der Waals surface area (Å²) in [4.78, 5) is 15.2. The summed E-state index contributed by atoms with van der Waals surface area (Å²) < 4.78 is 5.89. The third kappa shape index (κ3) is 3.69. The number of rotatable bonds is 5. The highest BCUT2D eigenvalue weighted by molar-refractivity contribution is 5.82. The van der Waals surface area contributed by atoms with E-state index in [1.54, 1.807) is 4.80 Å². The first-order chi connectivity index (χ1) is 16.8. The third-order valence-corrected chi connectivity index (χ3v) is 11.1. The molecular weight excluding hydrogens is 438 g/mol. The summed E-state index contributed by atoms with van der Waals surface area (Å²) in [7, 11) is 1.85. The third-order valence-electron chi connectivity index (χ3n) is 11.1. The molecule has 35 heavy (non-hydrogen) atoms. The maximum absolute atomic E-state index is 13.6. The van der Waals surface area contributed by atoms with Crippen molar-refractivity contribution in [3.63, 3.8) is 0 Å². The monoisotopic (exact) mass is 479 g/mol. The first kappa shape index (κ1) is 23.6. The Hall–Kier alpha value is -1.79. The van der Waals surface area contributed by atoms with Crippen molar-refractivity contribution < 1.29 is 14.6 Å². The van der Waals surface area contributed by atoms with E-state index in [1.165, 1.54) is 19.3 Å². The smallest absolute Gasteiger partial charge is 0.159 e. The van der Waals surface area contributed by atoms with E-state index < -0.39 is 5.60 Å². The highest BCUT2D eigenvalue weighted by atomic mass is 16.5. The lowest BCUT2D eigenvalue weighted by Gasteiger charge is -2.62. The summed E-state index contributed by atoms with van der Waals surface area (Å²) in [5, 5.41) is 20.0. The Bertz CT molecular complexity index is 1080. The van der Waals surface area contributed by atoms with Crippen LogP contribution in [-0.2, 0) is 16.1 Å². The summed E-state index contributed by atoms with van der Waals surface area (Å²) in [5.74, 6) is 2.90. The molecule has 0 bridgehead atoms. The van der Waals surface area contributed by atoms with Crippen molar-refractivity contribution in [2.24, 2.45) is 40.4 Å². The zero-order valence-electron chi connectivity index (χ0n) is 21.6. The van der Waals surface area contributed by atoms with Crippen LogP contribution in [0.15, 0.2) is 24.3 Å². The van der Waals surface area contributed by atoms with Crippen LogP contribution in [0.25, 0.3) is 11.0 Å². The van der Waals surface area contributed by atoms with E-state index in [4.69, 9.17) is 4.74 Å². The molecule has 4 aliphatic rings. The number of carbonyl (C=O) groups is 1. The Labute approximate surface area is 208 Å². The minimum absolute atomic E-state index is 0.0755. The van der Waals surface area contributed by atoms with Crippen molar-refractivity contribution in [3.8, 4) is 0 Å². The zero-order chi connectivity index (χ0) is 24.4. The number of hydrogen-bond donors (Lipinski definition) is 1. The number of aromatic nitrogens is 3. The highest BCUT2D eigenvalue weighted by Crippen LogP contribution is 2.68. The van der Waals surface area contributed by atoms with Gasteiger partial charge in [-0.05, 0) is 111 Å². The van der Waals surface area contributed by atoms with Crippen LogP contribution in [-0.4, -0.2) is 45.2 Å². The molecule has 8 atom stereocenters. The lowest BCUT2D eigenvalue weighted by Crippen LogP contribution is -2.58. The molecule has 1 heterocycles. The lowest BCUT2D eigenvalue weighted by molar-refractivity contribution is -0.175. The van der Waals surface area contributed by atoms with Crippen LogP contribution in [0.2, 0.25) is 0 Å². The van der Waals surface area contributed by atoms with Crippen molar-refractivity contribution in [2.75, 3.05) is 13.7 Å². The van der Waals surface area contributed by atoms with Gasteiger partial charge in [0.05, 0.1) is 12.2 Å². The van der Waals surface area contributed by atoms with Gasteiger partial charge in [0.2, 0.25) is 0 Å². The average molecular weight is 480 g/mol. The number of nitrogens with zero attached hydrogens (tertiary/aromatic N) is 3. The van der Waals surface area contributed by atoms with Gasteiger partial charge in [-0.2, -0.15) is 15.0 Å². The van der Waals surface area contributed by atoms with Gasteiger partial charge in [0.25, 0.3) is 0 Å². The number of ether oxygens (including phenoxy) is 1. The maximum Gasteiger partial charge on any atom is 0.159 e. The van der Waals surface area contributed by atoms with Crippen LogP contribution in [0, 0.1) is 40.4 Å². The minimum atomic E-state index is -0.534. The molecule has 1 aromatic heterocycles. The van der Waals surface area contributed by atoms with Gasteiger partial charge in [-0.25, -0.2) is 0 Å². The fourth-order valence-electron chi connectivity index (χ4n) is 9.54. The van der Waals surface area contributed by atoms with Crippen LogP contribution in [0.1, 0.15) is 71.6 Å². The molecule has 2 aromatic rings. The number of fused-ring (bicyclic) bond motifs is 6. The standard InChI is InChI=1S/C29H41N3O3/c1-27(34)14-15-29(18-35-3)19(16-27)8-9-20-21-10-11-23(28(21,2)13-12-22(20)29)26(33)17-32-30-24-6-4-5-7-25(24)31-32/h4-7,19-23,34H,8-18H2,1-3H3/t19-,20-,21-,22-,23+,27+,28-,29+/m0/s1. The quantitative estimate of drug-likeness (QED) is 0.650. The molecule has 190 valence electrons. The summed E-state index contributed by atoms with van der Waals surface area (Å²) in [6, 6.07) is 7.83. The molecule has 6 rings (SSSR count). The Morgan fingerprint density at radius 1 is 1.03 bits per heavy atom. The second-order valence-corrected chi connectivity index (χ2v) is 12.9. The second-order valence-electron chi connectivity index (χ2n) is 12.9. The van der Waals surface area contributed by atoms with E-state index >= 15 is 0 Å². The molecular formula is C29H41N3O3.